The molecule has 0 amide bonds. The Balaban J connectivity index is 1.92. The Bertz CT molecular complexity index is 1240. The lowest BCUT2D eigenvalue weighted by Crippen LogP contribution is -2.12. The summed E-state index contributed by atoms with van der Waals surface area (Å²) < 4.78 is 41.3. The molecule has 3 rings (SSSR count). The molecule has 0 spiro atoms. The number of ketones is 1. The standard InChI is InChI=1S/C23H25FN2O3S/c1-14-6-9-20(15(2)10-14)23(27)22-16(3)11-19(26(22)4)12-17-7-8-18(13-21(17)24)25-30(5,28)29/h6-11,13,25H,12H2,1-5H3. The number of halogens is 1. The van der Waals surface area contributed by atoms with E-state index in [1.165, 1.54) is 6.07 Å². The lowest BCUT2D eigenvalue weighted by Gasteiger charge is -2.11. The van der Waals surface area contributed by atoms with E-state index in [9.17, 15) is 17.6 Å². The Morgan fingerprint density at radius 2 is 1.73 bits per heavy atom. The summed E-state index contributed by atoms with van der Waals surface area (Å²) in [7, 11) is -1.67. The van der Waals surface area contributed by atoms with E-state index < -0.39 is 15.8 Å². The van der Waals surface area contributed by atoms with Crippen LogP contribution >= 0.6 is 0 Å². The van der Waals surface area contributed by atoms with Crippen molar-refractivity contribution in [3.8, 4) is 0 Å². The second kappa shape index (κ2) is 8.07. The van der Waals surface area contributed by atoms with Gasteiger partial charge in [0, 0.05) is 24.7 Å². The highest BCUT2D eigenvalue weighted by Crippen LogP contribution is 2.24. The summed E-state index contributed by atoms with van der Waals surface area (Å²) in [6.45, 7) is 5.77. The van der Waals surface area contributed by atoms with Gasteiger partial charge in [-0.2, -0.15) is 0 Å². The Morgan fingerprint density at radius 1 is 1.03 bits per heavy atom. The molecule has 0 aliphatic heterocycles. The lowest BCUT2D eigenvalue weighted by molar-refractivity contribution is 0.103. The molecule has 2 aromatic carbocycles. The SMILES string of the molecule is Cc1ccc(C(=O)c2c(C)cc(Cc3ccc(NS(C)(=O)=O)cc3F)n2C)c(C)c1. The molecular formula is C23H25FN2O3S. The fourth-order valence-corrected chi connectivity index (χ4v) is 4.24. The van der Waals surface area contributed by atoms with Crippen molar-refractivity contribution >= 4 is 21.5 Å². The zero-order valence-corrected chi connectivity index (χ0v) is 18.5. The van der Waals surface area contributed by atoms with Crippen molar-refractivity contribution in [3.05, 3.63) is 87.5 Å². The lowest BCUT2D eigenvalue weighted by atomic mass is 9.99. The molecule has 30 heavy (non-hydrogen) atoms. The van der Waals surface area contributed by atoms with Crippen LogP contribution in [0.3, 0.4) is 0 Å². The van der Waals surface area contributed by atoms with Crippen molar-refractivity contribution in [2.24, 2.45) is 7.05 Å². The van der Waals surface area contributed by atoms with E-state index in [0.717, 1.165) is 34.7 Å². The van der Waals surface area contributed by atoms with Gasteiger partial charge in [0.25, 0.3) is 0 Å². The molecule has 0 bridgehead atoms. The second-order valence-electron chi connectivity index (χ2n) is 7.73. The summed E-state index contributed by atoms with van der Waals surface area (Å²) in [5.74, 6) is -0.573. The van der Waals surface area contributed by atoms with Crippen LogP contribution in [0.5, 0.6) is 0 Å². The number of nitrogens with zero attached hydrogens (tertiary/aromatic N) is 1. The number of carbonyl (C=O) groups is 1. The van der Waals surface area contributed by atoms with Gasteiger partial charge in [-0.1, -0.05) is 29.8 Å². The fourth-order valence-electron chi connectivity index (χ4n) is 3.68. The second-order valence-corrected chi connectivity index (χ2v) is 9.48. The predicted octanol–water partition coefficient (Wildman–Crippen LogP) is 4.28. The molecule has 0 aliphatic carbocycles. The molecule has 0 atom stereocenters. The average Bonchev–Trinajstić information content (AvgIpc) is 2.89. The van der Waals surface area contributed by atoms with E-state index in [-0.39, 0.29) is 17.9 Å². The third-order valence-corrected chi connectivity index (χ3v) is 5.70. The normalized spacial score (nSPS) is 11.5. The summed E-state index contributed by atoms with van der Waals surface area (Å²) in [4.78, 5) is 13.2. The van der Waals surface area contributed by atoms with E-state index in [2.05, 4.69) is 4.72 Å². The molecule has 1 aromatic heterocycles. The molecule has 158 valence electrons. The van der Waals surface area contributed by atoms with Gasteiger partial charge in [-0.3, -0.25) is 9.52 Å². The highest BCUT2D eigenvalue weighted by molar-refractivity contribution is 7.92. The smallest absolute Gasteiger partial charge is 0.229 e. The molecule has 0 saturated heterocycles. The molecule has 7 heteroatoms. The summed E-state index contributed by atoms with van der Waals surface area (Å²) in [5.41, 5.74) is 5.45. The van der Waals surface area contributed by atoms with Gasteiger partial charge in [-0.05, 0) is 55.7 Å². The molecule has 5 nitrogen and oxygen atoms in total. The number of anilines is 1. The van der Waals surface area contributed by atoms with E-state index >= 15 is 0 Å². The zero-order valence-electron chi connectivity index (χ0n) is 17.7. The van der Waals surface area contributed by atoms with Crippen LogP contribution in [0.15, 0.2) is 42.5 Å². The first-order valence-corrected chi connectivity index (χ1v) is 11.4. The van der Waals surface area contributed by atoms with Crippen molar-refractivity contribution in [1.29, 1.82) is 0 Å². The highest BCUT2D eigenvalue weighted by atomic mass is 32.2. The maximum atomic E-state index is 14.6. The number of hydrogen-bond donors (Lipinski definition) is 1. The van der Waals surface area contributed by atoms with Gasteiger partial charge in [0.05, 0.1) is 17.6 Å². The van der Waals surface area contributed by atoms with Gasteiger partial charge in [0.1, 0.15) is 5.82 Å². The van der Waals surface area contributed by atoms with Gasteiger partial charge in [-0.25, -0.2) is 12.8 Å². The van der Waals surface area contributed by atoms with Gasteiger partial charge >= 0.3 is 0 Å². The van der Waals surface area contributed by atoms with Crippen molar-refractivity contribution < 1.29 is 17.6 Å². The maximum Gasteiger partial charge on any atom is 0.229 e. The molecule has 0 radical (unpaired) electrons. The Labute approximate surface area is 176 Å². The molecule has 0 unspecified atom stereocenters. The summed E-state index contributed by atoms with van der Waals surface area (Å²) >= 11 is 0. The largest absolute Gasteiger partial charge is 0.344 e. The van der Waals surface area contributed by atoms with Gasteiger partial charge in [0.2, 0.25) is 15.8 Å². The summed E-state index contributed by atoms with van der Waals surface area (Å²) in [5, 5.41) is 0. The van der Waals surface area contributed by atoms with Crippen LogP contribution in [0, 0.1) is 26.6 Å². The van der Waals surface area contributed by atoms with E-state index in [0.29, 0.717) is 16.8 Å². The quantitative estimate of drug-likeness (QED) is 0.596. The Hall–Kier alpha value is -2.93. The number of carbonyl (C=O) groups excluding carboxylic acids is 1. The minimum Gasteiger partial charge on any atom is -0.344 e. The van der Waals surface area contributed by atoms with E-state index in [1.807, 2.05) is 45.0 Å². The number of aromatic nitrogens is 1. The van der Waals surface area contributed by atoms with Crippen molar-refractivity contribution in [2.75, 3.05) is 11.0 Å². The molecule has 0 aliphatic rings. The molecule has 0 fully saturated rings. The Morgan fingerprint density at radius 3 is 2.33 bits per heavy atom. The summed E-state index contributed by atoms with van der Waals surface area (Å²) in [6.07, 6.45) is 1.29. The first kappa shape index (κ1) is 21.8. The molecule has 0 saturated carbocycles. The van der Waals surface area contributed by atoms with Crippen molar-refractivity contribution in [1.82, 2.24) is 4.57 Å². The molecule has 1 N–H and O–H groups in total. The van der Waals surface area contributed by atoms with Crippen LogP contribution in [0.4, 0.5) is 10.1 Å². The third-order valence-electron chi connectivity index (χ3n) is 5.09. The Kier molecular flexibility index (Phi) is 5.85. The van der Waals surface area contributed by atoms with E-state index in [4.69, 9.17) is 0 Å². The number of hydrogen-bond acceptors (Lipinski definition) is 3. The average molecular weight is 429 g/mol. The van der Waals surface area contributed by atoms with Crippen LogP contribution in [0.25, 0.3) is 0 Å². The third kappa shape index (κ3) is 4.62. The van der Waals surface area contributed by atoms with Crippen LogP contribution < -0.4 is 4.72 Å². The minimum atomic E-state index is -3.48. The first-order chi connectivity index (χ1) is 14.0. The van der Waals surface area contributed by atoms with Gasteiger partial charge in [0.15, 0.2) is 0 Å². The number of benzene rings is 2. The number of rotatable bonds is 6. The van der Waals surface area contributed by atoms with Gasteiger partial charge in [-0.15, -0.1) is 0 Å². The summed E-state index contributed by atoms with van der Waals surface area (Å²) in [6, 6.07) is 11.9. The fraction of sp³-hybridized carbons (Fsp3) is 0.261. The highest BCUT2D eigenvalue weighted by Gasteiger charge is 2.20. The van der Waals surface area contributed by atoms with Gasteiger partial charge < -0.3 is 4.57 Å². The van der Waals surface area contributed by atoms with Crippen molar-refractivity contribution in [2.45, 2.75) is 27.2 Å². The zero-order chi connectivity index (χ0) is 22.2. The number of aryl methyl sites for hydroxylation is 3. The predicted molar refractivity (Wildman–Crippen MR) is 117 cm³/mol. The topological polar surface area (TPSA) is 68.2 Å². The van der Waals surface area contributed by atoms with Crippen LogP contribution in [0.1, 0.15) is 44.0 Å². The van der Waals surface area contributed by atoms with E-state index in [1.54, 1.807) is 17.7 Å². The molecule has 1 heterocycles. The van der Waals surface area contributed by atoms with Crippen molar-refractivity contribution in [3.63, 3.8) is 0 Å². The molecular weight excluding hydrogens is 403 g/mol. The monoisotopic (exact) mass is 428 g/mol. The number of nitrogens with one attached hydrogen (secondary N) is 1. The molecule has 3 aromatic rings. The van der Waals surface area contributed by atoms with Crippen LogP contribution in [-0.2, 0) is 23.5 Å². The van der Waals surface area contributed by atoms with Crippen LogP contribution in [-0.4, -0.2) is 25.0 Å². The van der Waals surface area contributed by atoms with Crippen LogP contribution in [0.2, 0.25) is 0 Å². The first-order valence-electron chi connectivity index (χ1n) is 9.49. The maximum absolute atomic E-state index is 14.6. The number of sulfonamides is 1. The minimum absolute atomic E-state index is 0.0630.